The Morgan fingerprint density at radius 1 is 1.29 bits per heavy atom. The van der Waals surface area contributed by atoms with Gasteiger partial charge in [0.05, 0.1) is 0 Å². The minimum Gasteiger partial charge on any atom is -0.316 e. The van der Waals surface area contributed by atoms with E-state index in [-0.39, 0.29) is 18.2 Å². The Kier molecular flexibility index (Phi) is 6.64. The first kappa shape index (κ1) is 18.4. The van der Waals surface area contributed by atoms with Gasteiger partial charge in [0, 0.05) is 19.1 Å². The molecular weight excluding hydrogens is 287 g/mol. The van der Waals surface area contributed by atoms with E-state index in [1.54, 1.807) is 12.1 Å². The van der Waals surface area contributed by atoms with Crippen molar-refractivity contribution in [3.05, 3.63) is 35.6 Å². The number of nitrogens with one attached hydrogen (secondary N) is 1. The normalized spacial score (nSPS) is 23.4. The molecule has 1 N–H and O–H groups in total. The van der Waals surface area contributed by atoms with Crippen LogP contribution in [-0.4, -0.2) is 31.6 Å². The average molecular weight is 315 g/mol. The lowest BCUT2D eigenvalue weighted by atomic mass is 9.87. The molecule has 2 atom stereocenters. The number of hydrogen-bond donors (Lipinski definition) is 1. The fraction of sp³-hybridized carbons (Fsp3) is 0.647. The topological polar surface area (TPSA) is 15.3 Å². The first-order valence-electron chi connectivity index (χ1n) is 7.58. The summed E-state index contributed by atoms with van der Waals surface area (Å²) >= 11 is 0. The molecule has 4 heteroatoms. The Labute approximate surface area is 134 Å². The van der Waals surface area contributed by atoms with Crippen molar-refractivity contribution in [2.24, 2.45) is 11.3 Å². The molecule has 1 fully saturated rings. The van der Waals surface area contributed by atoms with Crippen LogP contribution in [0.3, 0.4) is 0 Å². The van der Waals surface area contributed by atoms with Gasteiger partial charge in [0.1, 0.15) is 5.82 Å². The molecule has 1 aromatic rings. The third-order valence-corrected chi connectivity index (χ3v) is 4.41. The van der Waals surface area contributed by atoms with Gasteiger partial charge in [-0.2, -0.15) is 0 Å². The molecule has 0 radical (unpaired) electrons. The quantitative estimate of drug-likeness (QED) is 0.887. The second kappa shape index (κ2) is 7.57. The molecule has 1 aliphatic rings. The van der Waals surface area contributed by atoms with Crippen molar-refractivity contribution in [2.75, 3.05) is 26.7 Å². The number of halogens is 2. The SMILES string of the molecule is CC(C)C(c1ccc(F)cc1)N(C)CC1(C)CCNC1.Cl. The molecule has 1 aliphatic heterocycles. The standard InChI is InChI=1S/C17H27FN2.ClH/c1-13(2)16(14-5-7-15(18)8-6-14)20(4)12-17(3)9-10-19-11-17;/h5-8,13,16,19H,9-12H2,1-4H3;1H. The second-order valence-corrected chi connectivity index (χ2v) is 6.89. The summed E-state index contributed by atoms with van der Waals surface area (Å²) in [6.45, 7) is 10.1. The van der Waals surface area contributed by atoms with Gasteiger partial charge < -0.3 is 5.32 Å². The molecule has 21 heavy (non-hydrogen) atoms. The van der Waals surface area contributed by atoms with Gasteiger partial charge in [-0.25, -0.2) is 4.39 Å². The van der Waals surface area contributed by atoms with Crippen LogP contribution in [0.25, 0.3) is 0 Å². The van der Waals surface area contributed by atoms with E-state index in [1.807, 2.05) is 12.1 Å². The van der Waals surface area contributed by atoms with E-state index in [9.17, 15) is 4.39 Å². The fourth-order valence-electron chi connectivity index (χ4n) is 3.51. The summed E-state index contributed by atoms with van der Waals surface area (Å²) in [5, 5.41) is 3.46. The largest absolute Gasteiger partial charge is 0.316 e. The van der Waals surface area contributed by atoms with Crippen molar-refractivity contribution >= 4 is 12.4 Å². The summed E-state index contributed by atoms with van der Waals surface area (Å²) in [5.41, 5.74) is 1.56. The summed E-state index contributed by atoms with van der Waals surface area (Å²) in [7, 11) is 2.19. The third kappa shape index (κ3) is 4.67. The number of benzene rings is 1. The lowest BCUT2D eigenvalue weighted by Gasteiger charge is -2.37. The fourth-order valence-corrected chi connectivity index (χ4v) is 3.51. The molecule has 0 spiro atoms. The zero-order valence-electron chi connectivity index (χ0n) is 13.5. The maximum atomic E-state index is 13.1. The maximum Gasteiger partial charge on any atom is 0.123 e. The molecule has 0 bridgehead atoms. The predicted molar refractivity (Wildman–Crippen MR) is 89.5 cm³/mol. The van der Waals surface area contributed by atoms with Gasteiger partial charge in [0.2, 0.25) is 0 Å². The molecular formula is C17H28ClFN2. The Bertz CT molecular complexity index is 427. The lowest BCUT2D eigenvalue weighted by Crippen LogP contribution is -2.38. The van der Waals surface area contributed by atoms with Crippen LogP contribution in [0.2, 0.25) is 0 Å². The van der Waals surface area contributed by atoms with Crippen LogP contribution >= 0.6 is 12.4 Å². The summed E-state index contributed by atoms with van der Waals surface area (Å²) < 4.78 is 13.1. The van der Waals surface area contributed by atoms with Gasteiger partial charge >= 0.3 is 0 Å². The highest BCUT2D eigenvalue weighted by Crippen LogP contribution is 2.33. The van der Waals surface area contributed by atoms with E-state index in [4.69, 9.17) is 0 Å². The van der Waals surface area contributed by atoms with Crippen molar-refractivity contribution in [3.63, 3.8) is 0 Å². The van der Waals surface area contributed by atoms with Gasteiger partial charge in [-0.05, 0) is 49.0 Å². The zero-order valence-corrected chi connectivity index (χ0v) is 14.3. The van der Waals surface area contributed by atoms with Crippen LogP contribution in [0.1, 0.15) is 38.8 Å². The predicted octanol–water partition coefficient (Wildman–Crippen LogP) is 3.88. The van der Waals surface area contributed by atoms with Crippen molar-refractivity contribution in [3.8, 4) is 0 Å². The van der Waals surface area contributed by atoms with Gasteiger partial charge in [-0.1, -0.05) is 32.9 Å². The van der Waals surface area contributed by atoms with Crippen LogP contribution in [0, 0.1) is 17.2 Å². The van der Waals surface area contributed by atoms with Crippen molar-refractivity contribution in [1.29, 1.82) is 0 Å². The van der Waals surface area contributed by atoms with E-state index in [1.165, 1.54) is 12.0 Å². The van der Waals surface area contributed by atoms with E-state index in [2.05, 4.69) is 38.0 Å². The molecule has 0 amide bonds. The van der Waals surface area contributed by atoms with Crippen LogP contribution in [0.4, 0.5) is 4.39 Å². The Morgan fingerprint density at radius 3 is 2.38 bits per heavy atom. The average Bonchev–Trinajstić information content (AvgIpc) is 2.78. The second-order valence-electron chi connectivity index (χ2n) is 6.89. The zero-order chi connectivity index (χ0) is 14.8. The van der Waals surface area contributed by atoms with Gasteiger partial charge in [-0.3, -0.25) is 4.90 Å². The Hall–Kier alpha value is -0.640. The Balaban J connectivity index is 0.00000220. The number of nitrogens with zero attached hydrogens (tertiary/aromatic N) is 1. The first-order chi connectivity index (χ1) is 9.41. The molecule has 0 aromatic heterocycles. The van der Waals surface area contributed by atoms with Crippen LogP contribution in [0.15, 0.2) is 24.3 Å². The molecule has 1 aromatic carbocycles. The number of rotatable bonds is 5. The van der Waals surface area contributed by atoms with Crippen molar-refractivity contribution in [1.82, 2.24) is 10.2 Å². The van der Waals surface area contributed by atoms with E-state index in [0.717, 1.165) is 19.6 Å². The molecule has 120 valence electrons. The molecule has 2 nitrogen and oxygen atoms in total. The molecule has 0 aliphatic carbocycles. The third-order valence-electron chi connectivity index (χ3n) is 4.41. The smallest absolute Gasteiger partial charge is 0.123 e. The van der Waals surface area contributed by atoms with E-state index >= 15 is 0 Å². The monoisotopic (exact) mass is 314 g/mol. The van der Waals surface area contributed by atoms with Gasteiger partial charge in [0.25, 0.3) is 0 Å². The van der Waals surface area contributed by atoms with E-state index < -0.39 is 0 Å². The van der Waals surface area contributed by atoms with E-state index in [0.29, 0.717) is 17.4 Å². The lowest BCUT2D eigenvalue weighted by molar-refractivity contribution is 0.131. The van der Waals surface area contributed by atoms with Gasteiger partial charge in [-0.15, -0.1) is 12.4 Å². The highest BCUT2D eigenvalue weighted by Gasteiger charge is 2.32. The van der Waals surface area contributed by atoms with Crippen LogP contribution in [0.5, 0.6) is 0 Å². The molecule has 2 unspecified atom stereocenters. The summed E-state index contributed by atoms with van der Waals surface area (Å²) in [6, 6.07) is 7.32. The van der Waals surface area contributed by atoms with Gasteiger partial charge in [0.15, 0.2) is 0 Å². The summed E-state index contributed by atoms with van der Waals surface area (Å²) in [6.07, 6.45) is 1.23. The molecule has 1 heterocycles. The number of hydrogen-bond acceptors (Lipinski definition) is 2. The maximum absolute atomic E-state index is 13.1. The highest BCUT2D eigenvalue weighted by atomic mass is 35.5. The Morgan fingerprint density at radius 2 is 1.90 bits per heavy atom. The minimum absolute atomic E-state index is 0. The molecule has 0 saturated carbocycles. The highest BCUT2D eigenvalue weighted by molar-refractivity contribution is 5.85. The van der Waals surface area contributed by atoms with Crippen LogP contribution < -0.4 is 5.32 Å². The molecule has 1 saturated heterocycles. The molecule has 2 rings (SSSR count). The minimum atomic E-state index is -0.161. The van der Waals surface area contributed by atoms with Crippen molar-refractivity contribution < 1.29 is 4.39 Å². The first-order valence-corrected chi connectivity index (χ1v) is 7.58. The van der Waals surface area contributed by atoms with Crippen molar-refractivity contribution in [2.45, 2.75) is 33.2 Å². The summed E-state index contributed by atoms with van der Waals surface area (Å²) in [5.74, 6) is 0.342. The summed E-state index contributed by atoms with van der Waals surface area (Å²) in [4.78, 5) is 2.44. The van der Waals surface area contributed by atoms with Crippen LogP contribution in [-0.2, 0) is 0 Å².